The van der Waals surface area contributed by atoms with Crippen LogP contribution in [0.2, 0.25) is 0 Å². The highest BCUT2D eigenvalue weighted by molar-refractivity contribution is 5.75. The number of aliphatic hydroxyl groups is 1. The predicted molar refractivity (Wildman–Crippen MR) is 58.3 cm³/mol. The van der Waals surface area contributed by atoms with Crippen molar-refractivity contribution in [3.05, 3.63) is 29.3 Å². The molecule has 0 aromatic heterocycles. The molecule has 3 N–H and O–H groups in total. The van der Waals surface area contributed by atoms with E-state index in [4.69, 9.17) is 5.11 Å². The monoisotopic (exact) mass is 189 g/mol. The molecule has 14 heavy (non-hydrogen) atoms. The maximum Gasteiger partial charge on any atom is 0.0682 e. The fraction of sp³-hybridized carbons (Fsp3) is 0.400. The van der Waals surface area contributed by atoms with Crippen LogP contribution in [0.25, 0.3) is 0 Å². The van der Waals surface area contributed by atoms with E-state index in [9.17, 15) is 0 Å². The molecule has 2 rings (SSSR count). The first-order chi connectivity index (χ1) is 6.40. The lowest BCUT2D eigenvalue weighted by Crippen LogP contribution is -2.16. The number of aliphatic hydroxyl groups excluding tert-OH is 1. The Labute approximate surface area is 86.1 Å². The van der Waals surface area contributed by atoms with Crippen LogP contribution < -0.4 is 10.6 Å². The summed E-state index contributed by atoms with van der Waals surface area (Å²) >= 11 is 0. The van der Waals surface area contributed by atoms with Crippen molar-refractivity contribution < 1.29 is 5.11 Å². The van der Waals surface area contributed by atoms with Gasteiger partial charge >= 0.3 is 0 Å². The first-order valence-corrected chi connectivity index (χ1v) is 4.57. The van der Waals surface area contributed by atoms with Crippen molar-refractivity contribution in [1.29, 1.82) is 0 Å². The lowest BCUT2D eigenvalue weighted by molar-refractivity contribution is 0.282. The minimum atomic E-state index is 0. The molecular formula is C10H14BN2O. The Kier molecular flexibility index (Phi) is 3.98. The summed E-state index contributed by atoms with van der Waals surface area (Å²) in [6.07, 6.45) is 0. The molecule has 0 atom stereocenters. The van der Waals surface area contributed by atoms with E-state index in [1.54, 1.807) is 0 Å². The second-order valence-corrected chi connectivity index (χ2v) is 3.25. The number of rotatable bonds is 1. The number of anilines is 1. The Balaban J connectivity index is 0.000000980. The zero-order valence-electron chi connectivity index (χ0n) is 8.09. The summed E-state index contributed by atoms with van der Waals surface area (Å²) in [6, 6.07) is 6.04. The van der Waals surface area contributed by atoms with Crippen molar-refractivity contribution in [3.8, 4) is 0 Å². The zero-order chi connectivity index (χ0) is 9.10. The van der Waals surface area contributed by atoms with Gasteiger partial charge in [0.2, 0.25) is 0 Å². The highest BCUT2D eigenvalue weighted by atomic mass is 16.3. The van der Waals surface area contributed by atoms with E-state index < -0.39 is 0 Å². The molecule has 73 valence electrons. The largest absolute Gasteiger partial charge is 0.392 e. The van der Waals surface area contributed by atoms with Crippen LogP contribution >= 0.6 is 0 Å². The van der Waals surface area contributed by atoms with Gasteiger partial charge < -0.3 is 15.7 Å². The third kappa shape index (κ3) is 2.27. The van der Waals surface area contributed by atoms with Crippen LogP contribution in [-0.2, 0) is 13.2 Å². The maximum atomic E-state index is 8.97. The van der Waals surface area contributed by atoms with Gasteiger partial charge in [-0.2, -0.15) is 0 Å². The van der Waals surface area contributed by atoms with Crippen LogP contribution in [0.4, 0.5) is 5.69 Å². The third-order valence-corrected chi connectivity index (χ3v) is 2.29. The minimum Gasteiger partial charge on any atom is -0.392 e. The van der Waals surface area contributed by atoms with Crippen molar-refractivity contribution in [2.24, 2.45) is 0 Å². The Morgan fingerprint density at radius 3 is 2.93 bits per heavy atom. The molecule has 1 aliphatic heterocycles. The first kappa shape index (κ1) is 11.1. The molecule has 0 fully saturated rings. The van der Waals surface area contributed by atoms with Crippen LogP contribution in [-0.4, -0.2) is 26.6 Å². The smallest absolute Gasteiger partial charge is 0.0682 e. The summed E-state index contributed by atoms with van der Waals surface area (Å²) in [5, 5.41) is 15.6. The standard InChI is InChI=1S/C10H14N2O.B/c13-7-8-1-2-9-6-11-3-4-12-10(9)5-8;/h1-2,5,11-13H,3-4,6-7H2;. The predicted octanol–water partition coefficient (Wildman–Crippen LogP) is 0.313. The summed E-state index contributed by atoms with van der Waals surface area (Å²) in [4.78, 5) is 0. The summed E-state index contributed by atoms with van der Waals surface area (Å²) in [5.41, 5.74) is 3.39. The van der Waals surface area contributed by atoms with Gasteiger partial charge in [-0.3, -0.25) is 0 Å². The second kappa shape index (κ2) is 5.03. The number of hydrogen-bond donors (Lipinski definition) is 3. The van der Waals surface area contributed by atoms with E-state index >= 15 is 0 Å². The highest BCUT2D eigenvalue weighted by Crippen LogP contribution is 2.18. The van der Waals surface area contributed by atoms with E-state index in [0.717, 1.165) is 30.9 Å². The average molecular weight is 189 g/mol. The van der Waals surface area contributed by atoms with Gasteiger partial charge in [0, 0.05) is 33.7 Å². The molecule has 0 spiro atoms. The van der Waals surface area contributed by atoms with E-state index in [-0.39, 0.29) is 15.0 Å². The molecule has 1 aliphatic rings. The average Bonchev–Trinajstić information content (AvgIpc) is 2.41. The Morgan fingerprint density at radius 2 is 2.14 bits per heavy atom. The topological polar surface area (TPSA) is 44.3 Å². The van der Waals surface area contributed by atoms with Crippen LogP contribution in [0.5, 0.6) is 0 Å². The van der Waals surface area contributed by atoms with E-state index in [1.807, 2.05) is 12.1 Å². The fourth-order valence-corrected chi connectivity index (χ4v) is 1.55. The molecular weight excluding hydrogens is 175 g/mol. The lowest BCUT2D eigenvalue weighted by Gasteiger charge is -2.08. The van der Waals surface area contributed by atoms with Crippen LogP contribution in [0, 0.1) is 0 Å². The van der Waals surface area contributed by atoms with Crippen LogP contribution in [0.1, 0.15) is 11.1 Å². The molecule has 0 unspecified atom stereocenters. The van der Waals surface area contributed by atoms with Crippen molar-refractivity contribution in [3.63, 3.8) is 0 Å². The number of hydrogen-bond acceptors (Lipinski definition) is 3. The van der Waals surface area contributed by atoms with Crippen molar-refractivity contribution in [2.45, 2.75) is 13.2 Å². The summed E-state index contributed by atoms with van der Waals surface area (Å²) in [7, 11) is 0. The number of benzene rings is 1. The molecule has 0 aliphatic carbocycles. The maximum absolute atomic E-state index is 8.97. The molecule has 3 nitrogen and oxygen atoms in total. The van der Waals surface area contributed by atoms with Gasteiger partial charge in [-0.15, -0.1) is 0 Å². The SMILES string of the molecule is OCc1ccc2c(c1)NCCNC2.[B]. The zero-order valence-corrected chi connectivity index (χ0v) is 8.09. The molecule has 0 amide bonds. The molecule has 4 heteroatoms. The quantitative estimate of drug-likeness (QED) is 0.557. The molecule has 1 aromatic rings. The third-order valence-electron chi connectivity index (χ3n) is 2.29. The van der Waals surface area contributed by atoms with Crippen molar-refractivity contribution in [2.75, 3.05) is 18.4 Å². The number of nitrogens with one attached hydrogen (secondary N) is 2. The van der Waals surface area contributed by atoms with Crippen molar-refractivity contribution in [1.82, 2.24) is 5.32 Å². The fourth-order valence-electron chi connectivity index (χ4n) is 1.55. The van der Waals surface area contributed by atoms with Gasteiger partial charge in [0.15, 0.2) is 0 Å². The van der Waals surface area contributed by atoms with E-state index in [1.165, 1.54) is 5.56 Å². The summed E-state index contributed by atoms with van der Waals surface area (Å²) < 4.78 is 0. The normalized spacial score (nSPS) is 14.6. The highest BCUT2D eigenvalue weighted by Gasteiger charge is 2.06. The minimum absolute atomic E-state index is 0. The molecule has 0 saturated heterocycles. The molecule has 3 radical (unpaired) electrons. The van der Waals surface area contributed by atoms with E-state index in [2.05, 4.69) is 16.7 Å². The molecule has 1 heterocycles. The Hall–Kier alpha value is -0.995. The Morgan fingerprint density at radius 1 is 1.29 bits per heavy atom. The van der Waals surface area contributed by atoms with Crippen LogP contribution in [0.15, 0.2) is 18.2 Å². The lowest BCUT2D eigenvalue weighted by atomic mass is 10.1. The second-order valence-electron chi connectivity index (χ2n) is 3.25. The molecule has 0 bridgehead atoms. The van der Waals surface area contributed by atoms with Crippen LogP contribution in [0.3, 0.4) is 0 Å². The number of fused-ring (bicyclic) bond motifs is 1. The summed E-state index contributed by atoms with van der Waals surface area (Å²) in [6.45, 7) is 2.96. The Bertz CT molecular complexity index is 304. The van der Waals surface area contributed by atoms with Gasteiger partial charge in [0.1, 0.15) is 0 Å². The van der Waals surface area contributed by atoms with E-state index in [0.29, 0.717) is 0 Å². The molecule has 1 aromatic carbocycles. The van der Waals surface area contributed by atoms with Gasteiger partial charge in [0.25, 0.3) is 0 Å². The van der Waals surface area contributed by atoms with Gasteiger partial charge in [-0.05, 0) is 17.2 Å². The molecule has 0 saturated carbocycles. The van der Waals surface area contributed by atoms with Gasteiger partial charge in [-0.25, -0.2) is 0 Å². The van der Waals surface area contributed by atoms with Crippen molar-refractivity contribution >= 4 is 14.1 Å². The van der Waals surface area contributed by atoms with Gasteiger partial charge in [0.05, 0.1) is 6.61 Å². The first-order valence-electron chi connectivity index (χ1n) is 4.57. The van der Waals surface area contributed by atoms with Gasteiger partial charge in [-0.1, -0.05) is 12.1 Å². The summed E-state index contributed by atoms with van der Waals surface area (Å²) in [5.74, 6) is 0.